The van der Waals surface area contributed by atoms with Crippen LogP contribution in [0.3, 0.4) is 0 Å². The van der Waals surface area contributed by atoms with Gasteiger partial charge >= 0.3 is 5.97 Å². The summed E-state index contributed by atoms with van der Waals surface area (Å²) in [5, 5.41) is 4.11. The molecule has 1 aromatic heterocycles. The third-order valence-electron chi connectivity index (χ3n) is 2.02. The summed E-state index contributed by atoms with van der Waals surface area (Å²) in [4.78, 5) is 11.6. The van der Waals surface area contributed by atoms with Gasteiger partial charge in [-0.15, -0.1) is 6.42 Å². The van der Waals surface area contributed by atoms with Crippen LogP contribution in [0, 0.1) is 12.3 Å². The molecule has 16 heavy (non-hydrogen) atoms. The second-order valence-corrected chi connectivity index (χ2v) is 4.56. The Morgan fingerprint density at radius 3 is 2.69 bits per heavy atom. The molecule has 0 radical (unpaired) electrons. The minimum absolute atomic E-state index is 0.156. The third-order valence-corrected chi connectivity index (χ3v) is 2.02. The molecule has 1 aromatic rings. The summed E-state index contributed by atoms with van der Waals surface area (Å²) in [6, 6.07) is 0. The highest BCUT2D eigenvalue weighted by Gasteiger charge is 2.18. The van der Waals surface area contributed by atoms with E-state index in [0.29, 0.717) is 5.56 Å². The van der Waals surface area contributed by atoms with E-state index in [1.165, 1.54) is 6.20 Å². The van der Waals surface area contributed by atoms with Gasteiger partial charge < -0.3 is 4.74 Å². The summed E-state index contributed by atoms with van der Waals surface area (Å²) in [6.07, 6.45) is 7.74. The lowest BCUT2D eigenvalue weighted by Crippen LogP contribution is -2.22. The molecule has 4 nitrogen and oxygen atoms in total. The van der Waals surface area contributed by atoms with Gasteiger partial charge in [0, 0.05) is 6.20 Å². The summed E-state index contributed by atoms with van der Waals surface area (Å²) in [5.41, 5.74) is 0.257. The Hall–Kier alpha value is -1.76. The molecular weight excluding hydrogens is 204 g/mol. The van der Waals surface area contributed by atoms with Crippen molar-refractivity contribution in [1.29, 1.82) is 0 Å². The van der Waals surface area contributed by atoms with Crippen LogP contribution in [0.4, 0.5) is 0 Å². The Morgan fingerprint density at radius 1 is 1.62 bits per heavy atom. The number of carbonyl (C=O) groups excluding carboxylic acids is 1. The van der Waals surface area contributed by atoms with Crippen molar-refractivity contribution in [2.45, 2.75) is 39.3 Å². The van der Waals surface area contributed by atoms with E-state index in [-0.39, 0.29) is 5.54 Å². The van der Waals surface area contributed by atoms with Gasteiger partial charge in [0.15, 0.2) is 6.10 Å². The fourth-order valence-corrected chi connectivity index (χ4v) is 1.06. The Balaban J connectivity index is 2.80. The second-order valence-electron chi connectivity index (χ2n) is 4.56. The van der Waals surface area contributed by atoms with E-state index < -0.39 is 12.1 Å². The molecule has 0 aliphatic carbocycles. The summed E-state index contributed by atoms with van der Waals surface area (Å²) >= 11 is 0. The largest absolute Gasteiger partial charge is 0.446 e. The minimum Gasteiger partial charge on any atom is -0.446 e. The summed E-state index contributed by atoms with van der Waals surface area (Å²) in [5.74, 6) is 1.89. The normalized spacial score (nSPS) is 12.9. The molecule has 1 atom stereocenters. The van der Waals surface area contributed by atoms with Crippen LogP contribution in [0.2, 0.25) is 0 Å². The van der Waals surface area contributed by atoms with Crippen molar-refractivity contribution in [3.05, 3.63) is 18.0 Å². The van der Waals surface area contributed by atoms with Crippen LogP contribution in [-0.2, 0) is 10.3 Å². The molecule has 0 aromatic carbocycles. The van der Waals surface area contributed by atoms with E-state index in [1.54, 1.807) is 17.8 Å². The lowest BCUT2D eigenvalue weighted by Gasteiger charge is -2.18. The number of nitrogens with zero attached hydrogens (tertiary/aromatic N) is 2. The van der Waals surface area contributed by atoms with Gasteiger partial charge in [0.2, 0.25) is 0 Å². The molecule has 0 spiro atoms. The van der Waals surface area contributed by atoms with E-state index in [2.05, 4.69) is 11.0 Å². The van der Waals surface area contributed by atoms with Crippen molar-refractivity contribution in [3.63, 3.8) is 0 Å². The Labute approximate surface area is 95.6 Å². The lowest BCUT2D eigenvalue weighted by atomic mass is 10.1. The number of carbonyl (C=O) groups is 1. The zero-order valence-electron chi connectivity index (χ0n) is 10.0. The Morgan fingerprint density at radius 2 is 2.25 bits per heavy atom. The molecule has 0 fully saturated rings. The van der Waals surface area contributed by atoms with Crippen molar-refractivity contribution >= 4 is 5.97 Å². The molecule has 1 heterocycles. The first-order chi connectivity index (χ1) is 7.34. The number of esters is 1. The average molecular weight is 220 g/mol. The zero-order valence-corrected chi connectivity index (χ0v) is 10.0. The predicted octanol–water partition coefficient (Wildman–Crippen LogP) is 1.82. The lowest BCUT2D eigenvalue weighted by molar-refractivity contribution is 0.0438. The topological polar surface area (TPSA) is 44.1 Å². The van der Waals surface area contributed by atoms with Crippen molar-refractivity contribution in [3.8, 4) is 12.3 Å². The van der Waals surface area contributed by atoms with Crippen LogP contribution < -0.4 is 0 Å². The van der Waals surface area contributed by atoms with Gasteiger partial charge in [-0.3, -0.25) is 4.68 Å². The zero-order chi connectivity index (χ0) is 12.3. The van der Waals surface area contributed by atoms with Crippen LogP contribution in [-0.4, -0.2) is 21.9 Å². The molecule has 1 rings (SSSR count). The second kappa shape index (κ2) is 4.40. The predicted molar refractivity (Wildman–Crippen MR) is 60.9 cm³/mol. The molecule has 0 amide bonds. The number of rotatable bonds is 2. The van der Waals surface area contributed by atoms with E-state index in [1.807, 2.05) is 20.8 Å². The van der Waals surface area contributed by atoms with Crippen molar-refractivity contribution in [1.82, 2.24) is 9.78 Å². The van der Waals surface area contributed by atoms with Crippen LogP contribution in [0.5, 0.6) is 0 Å². The van der Waals surface area contributed by atoms with Gasteiger partial charge in [0.25, 0.3) is 0 Å². The highest BCUT2D eigenvalue weighted by atomic mass is 16.5. The molecule has 4 heteroatoms. The quantitative estimate of drug-likeness (QED) is 0.564. The van der Waals surface area contributed by atoms with Gasteiger partial charge in [0.05, 0.1) is 17.3 Å². The molecule has 0 unspecified atom stereocenters. The first-order valence-electron chi connectivity index (χ1n) is 5.07. The van der Waals surface area contributed by atoms with E-state index in [0.717, 1.165) is 0 Å². The van der Waals surface area contributed by atoms with Gasteiger partial charge in [-0.1, -0.05) is 5.92 Å². The maximum Gasteiger partial charge on any atom is 0.342 e. The highest BCUT2D eigenvalue weighted by Crippen LogP contribution is 2.13. The maximum atomic E-state index is 11.6. The fraction of sp³-hybridized carbons (Fsp3) is 0.500. The number of hydrogen-bond donors (Lipinski definition) is 0. The van der Waals surface area contributed by atoms with Crippen LogP contribution in [0.25, 0.3) is 0 Å². The standard InChI is InChI=1S/C12H16N2O2/c1-6-9(2)16-11(15)10-7-13-14(8-10)12(3,4)5/h1,7-9H,2-5H3/t9-/m1/s1. The molecule has 0 aliphatic rings. The van der Waals surface area contributed by atoms with Crippen molar-refractivity contribution < 1.29 is 9.53 Å². The molecule has 0 aliphatic heterocycles. The average Bonchev–Trinajstić information content (AvgIpc) is 2.65. The van der Waals surface area contributed by atoms with Crippen molar-refractivity contribution in [2.24, 2.45) is 0 Å². The van der Waals surface area contributed by atoms with Crippen LogP contribution in [0.1, 0.15) is 38.1 Å². The maximum absolute atomic E-state index is 11.6. The van der Waals surface area contributed by atoms with E-state index in [9.17, 15) is 4.79 Å². The monoisotopic (exact) mass is 220 g/mol. The Bertz CT molecular complexity index is 421. The SMILES string of the molecule is C#C[C@@H](C)OC(=O)c1cnn(C(C)(C)C)c1. The fourth-order valence-electron chi connectivity index (χ4n) is 1.06. The molecular formula is C12H16N2O2. The summed E-state index contributed by atoms with van der Waals surface area (Å²) in [6.45, 7) is 7.64. The number of aromatic nitrogens is 2. The van der Waals surface area contributed by atoms with E-state index in [4.69, 9.17) is 11.2 Å². The molecule has 0 N–H and O–H groups in total. The first kappa shape index (κ1) is 12.3. The molecule has 0 bridgehead atoms. The third kappa shape index (κ3) is 2.86. The Kier molecular flexibility index (Phi) is 3.38. The molecule has 86 valence electrons. The van der Waals surface area contributed by atoms with Gasteiger partial charge in [-0.25, -0.2) is 4.79 Å². The highest BCUT2D eigenvalue weighted by molar-refractivity contribution is 5.89. The number of ether oxygens (including phenoxy) is 1. The van der Waals surface area contributed by atoms with Gasteiger partial charge in [0.1, 0.15) is 0 Å². The number of terminal acetylenes is 1. The summed E-state index contributed by atoms with van der Waals surface area (Å²) in [7, 11) is 0. The first-order valence-corrected chi connectivity index (χ1v) is 5.07. The van der Waals surface area contributed by atoms with Crippen molar-refractivity contribution in [2.75, 3.05) is 0 Å². The van der Waals surface area contributed by atoms with Gasteiger partial charge in [-0.05, 0) is 27.7 Å². The van der Waals surface area contributed by atoms with Crippen LogP contribution in [0.15, 0.2) is 12.4 Å². The van der Waals surface area contributed by atoms with Gasteiger partial charge in [-0.2, -0.15) is 5.10 Å². The number of hydrogen-bond acceptors (Lipinski definition) is 3. The van der Waals surface area contributed by atoms with E-state index >= 15 is 0 Å². The molecule has 0 saturated carbocycles. The smallest absolute Gasteiger partial charge is 0.342 e. The molecule has 0 saturated heterocycles. The van der Waals surface area contributed by atoms with Crippen LogP contribution >= 0.6 is 0 Å². The summed E-state index contributed by atoms with van der Waals surface area (Å²) < 4.78 is 6.70. The minimum atomic E-state index is -0.523.